The van der Waals surface area contributed by atoms with Crippen molar-refractivity contribution in [2.45, 2.75) is 76.4 Å². The van der Waals surface area contributed by atoms with Gasteiger partial charge in [0, 0.05) is 30.7 Å². The fraction of sp³-hybridized carbons (Fsp3) is 0.938. The van der Waals surface area contributed by atoms with E-state index < -0.39 is 0 Å². The maximum Gasteiger partial charge on any atom is 0.0638 e. The molecule has 2 fully saturated rings. The second-order valence-corrected chi connectivity index (χ2v) is 7.08. The van der Waals surface area contributed by atoms with Crippen molar-refractivity contribution in [1.82, 2.24) is 9.80 Å². The molecule has 0 aromatic rings. The summed E-state index contributed by atoms with van der Waals surface area (Å²) in [6.07, 6.45) is 8.86. The Morgan fingerprint density at radius 3 is 2.37 bits per heavy atom. The van der Waals surface area contributed by atoms with Gasteiger partial charge in [0.05, 0.1) is 12.5 Å². The predicted octanol–water partition coefficient (Wildman–Crippen LogP) is 3.02. The Hall–Kier alpha value is -0.590. The Labute approximate surface area is 118 Å². The lowest BCUT2D eigenvalue weighted by molar-refractivity contribution is -0.0489. The summed E-state index contributed by atoms with van der Waals surface area (Å²) in [6, 6.07) is 3.53. The monoisotopic (exact) mass is 263 g/mol. The van der Waals surface area contributed by atoms with Crippen LogP contribution in [0.4, 0.5) is 0 Å². The van der Waals surface area contributed by atoms with Crippen molar-refractivity contribution >= 4 is 0 Å². The zero-order chi connectivity index (χ0) is 13.9. The zero-order valence-corrected chi connectivity index (χ0v) is 12.9. The van der Waals surface area contributed by atoms with E-state index in [2.05, 4.69) is 36.8 Å². The van der Waals surface area contributed by atoms with Crippen LogP contribution >= 0.6 is 0 Å². The third-order valence-corrected chi connectivity index (χ3v) is 4.82. The Balaban J connectivity index is 2.17. The standard InChI is InChI=1S/C16H29N3/c1-16(2)13-18(3)12-15(10-11-17)19(16)14-8-6-4-5-7-9-14/h14-15H,4-10,12-13H2,1-3H3. The van der Waals surface area contributed by atoms with E-state index in [9.17, 15) is 0 Å². The molecule has 1 aliphatic heterocycles. The number of hydrogen-bond acceptors (Lipinski definition) is 3. The molecule has 2 aliphatic rings. The molecule has 1 saturated heterocycles. The molecule has 0 radical (unpaired) electrons. The fourth-order valence-electron chi connectivity index (χ4n) is 4.35. The number of nitriles is 1. The Kier molecular flexibility index (Phi) is 4.86. The van der Waals surface area contributed by atoms with Gasteiger partial charge < -0.3 is 4.90 Å². The van der Waals surface area contributed by atoms with Crippen LogP contribution in [-0.4, -0.2) is 47.6 Å². The molecular weight excluding hydrogens is 234 g/mol. The highest BCUT2D eigenvalue weighted by molar-refractivity contribution is 5.00. The van der Waals surface area contributed by atoms with Gasteiger partial charge in [-0.25, -0.2) is 0 Å². The first-order chi connectivity index (χ1) is 9.04. The molecule has 1 atom stereocenters. The molecule has 1 heterocycles. The Bertz CT molecular complexity index is 323. The molecule has 2 rings (SSSR count). The van der Waals surface area contributed by atoms with Crippen molar-refractivity contribution in [3.8, 4) is 6.07 Å². The summed E-state index contributed by atoms with van der Waals surface area (Å²) in [4.78, 5) is 5.11. The third kappa shape index (κ3) is 3.49. The normalized spacial score (nSPS) is 30.7. The average molecular weight is 263 g/mol. The van der Waals surface area contributed by atoms with Gasteiger partial charge >= 0.3 is 0 Å². The highest BCUT2D eigenvalue weighted by Crippen LogP contribution is 2.33. The lowest BCUT2D eigenvalue weighted by Gasteiger charge is -2.54. The van der Waals surface area contributed by atoms with Crippen molar-refractivity contribution in [3.63, 3.8) is 0 Å². The van der Waals surface area contributed by atoms with Gasteiger partial charge in [-0.15, -0.1) is 0 Å². The summed E-state index contributed by atoms with van der Waals surface area (Å²) in [7, 11) is 2.19. The minimum Gasteiger partial charge on any atom is -0.303 e. The van der Waals surface area contributed by atoms with Crippen LogP contribution in [0.2, 0.25) is 0 Å². The zero-order valence-electron chi connectivity index (χ0n) is 12.9. The number of likely N-dealkylation sites (N-methyl/N-ethyl adjacent to an activating group) is 1. The van der Waals surface area contributed by atoms with E-state index in [1.165, 1.54) is 38.5 Å². The Morgan fingerprint density at radius 1 is 1.16 bits per heavy atom. The van der Waals surface area contributed by atoms with Gasteiger partial charge in [0.1, 0.15) is 0 Å². The summed E-state index contributed by atoms with van der Waals surface area (Å²) in [6.45, 7) is 6.88. The molecule has 0 aromatic heterocycles. The molecule has 3 nitrogen and oxygen atoms in total. The van der Waals surface area contributed by atoms with E-state index in [1.54, 1.807) is 0 Å². The summed E-state index contributed by atoms with van der Waals surface area (Å²) in [5.41, 5.74) is 0.198. The maximum atomic E-state index is 9.15. The molecule has 3 heteroatoms. The average Bonchev–Trinajstić information content (AvgIpc) is 2.56. The molecule has 0 aromatic carbocycles. The summed E-state index contributed by atoms with van der Waals surface area (Å²) < 4.78 is 0. The number of nitrogens with zero attached hydrogens (tertiary/aromatic N) is 3. The van der Waals surface area contributed by atoms with Crippen LogP contribution in [-0.2, 0) is 0 Å². The molecule has 1 unspecified atom stereocenters. The number of piperazine rings is 1. The lowest BCUT2D eigenvalue weighted by atomic mass is 9.89. The SMILES string of the molecule is CN1CC(CC#N)N(C2CCCCCC2)C(C)(C)C1. The molecule has 1 saturated carbocycles. The molecule has 19 heavy (non-hydrogen) atoms. The van der Waals surface area contributed by atoms with Gasteiger partial charge in [-0.3, -0.25) is 4.90 Å². The van der Waals surface area contributed by atoms with Crippen molar-refractivity contribution in [2.24, 2.45) is 0 Å². The van der Waals surface area contributed by atoms with Crippen LogP contribution in [0.15, 0.2) is 0 Å². The van der Waals surface area contributed by atoms with Crippen LogP contribution in [0.3, 0.4) is 0 Å². The van der Waals surface area contributed by atoms with Gasteiger partial charge in [-0.05, 0) is 33.7 Å². The molecule has 0 bridgehead atoms. The summed E-state index contributed by atoms with van der Waals surface area (Å²) >= 11 is 0. The second-order valence-electron chi connectivity index (χ2n) is 7.08. The van der Waals surface area contributed by atoms with E-state index >= 15 is 0 Å². The highest BCUT2D eigenvalue weighted by atomic mass is 15.3. The van der Waals surface area contributed by atoms with Crippen molar-refractivity contribution < 1.29 is 0 Å². The van der Waals surface area contributed by atoms with E-state index in [0.717, 1.165) is 13.1 Å². The highest BCUT2D eigenvalue weighted by Gasteiger charge is 2.42. The van der Waals surface area contributed by atoms with E-state index in [4.69, 9.17) is 5.26 Å². The maximum absolute atomic E-state index is 9.15. The molecule has 0 amide bonds. The van der Waals surface area contributed by atoms with Gasteiger partial charge in [-0.2, -0.15) is 5.26 Å². The van der Waals surface area contributed by atoms with Crippen LogP contribution in [0.1, 0.15) is 58.8 Å². The fourth-order valence-corrected chi connectivity index (χ4v) is 4.35. The first kappa shape index (κ1) is 14.8. The second kappa shape index (κ2) is 6.24. The summed E-state index contributed by atoms with van der Waals surface area (Å²) in [5, 5.41) is 9.15. The quantitative estimate of drug-likeness (QED) is 0.717. The van der Waals surface area contributed by atoms with Gasteiger partial charge in [0.25, 0.3) is 0 Å². The van der Waals surface area contributed by atoms with E-state index in [-0.39, 0.29) is 5.54 Å². The minimum absolute atomic E-state index is 0.198. The van der Waals surface area contributed by atoms with Crippen molar-refractivity contribution in [1.29, 1.82) is 5.26 Å². The van der Waals surface area contributed by atoms with Crippen LogP contribution in [0, 0.1) is 11.3 Å². The van der Waals surface area contributed by atoms with Gasteiger partial charge in [-0.1, -0.05) is 25.7 Å². The summed E-state index contributed by atoms with van der Waals surface area (Å²) in [5.74, 6) is 0. The third-order valence-electron chi connectivity index (χ3n) is 4.82. The van der Waals surface area contributed by atoms with Crippen molar-refractivity contribution in [2.75, 3.05) is 20.1 Å². The molecule has 1 aliphatic carbocycles. The molecule has 108 valence electrons. The smallest absolute Gasteiger partial charge is 0.0638 e. The van der Waals surface area contributed by atoms with Gasteiger partial charge in [0.2, 0.25) is 0 Å². The topological polar surface area (TPSA) is 30.3 Å². The molecule has 0 spiro atoms. The molecular formula is C16H29N3. The first-order valence-electron chi connectivity index (χ1n) is 7.88. The van der Waals surface area contributed by atoms with Crippen LogP contribution in [0.5, 0.6) is 0 Å². The first-order valence-corrected chi connectivity index (χ1v) is 7.88. The Morgan fingerprint density at radius 2 is 1.79 bits per heavy atom. The van der Waals surface area contributed by atoms with E-state index in [0.29, 0.717) is 18.5 Å². The van der Waals surface area contributed by atoms with Crippen LogP contribution in [0.25, 0.3) is 0 Å². The number of rotatable bonds is 2. The predicted molar refractivity (Wildman–Crippen MR) is 78.9 cm³/mol. The van der Waals surface area contributed by atoms with E-state index in [1.807, 2.05) is 0 Å². The van der Waals surface area contributed by atoms with Crippen LogP contribution < -0.4 is 0 Å². The lowest BCUT2D eigenvalue weighted by Crippen LogP contribution is -2.65. The van der Waals surface area contributed by atoms with Gasteiger partial charge in [0.15, 0.2) is 0 Å². The minimum atomic E-state index is 0.198. The number of hydrogen-bond donors (Lipinski definition) is 0. The molecule has 0 N–H and O–H groups in total. The largest absolute Gasteiger partial charge is 0.303 e. The van der Waals surface area contributed by atoms with Crippen molar-refractivity contribution in [3.05, 3.63) is 0 Å².